The highest BCUT2D eigenvalue weighted by molar-refractivity contribution is 5.71. The Kier molecular flexibility index (Phi) is 51.5. The van der Waals surface area contributed by atoms with Crippen LogP contribution in [0, 0.1) is 11.8 Å². The van der Waals surface area contributed by atoms with Crippen molar-refractivity contribution in [2.45, 2.75) is 343 Å². The Bertz CT molecular complexity index is 1010. The topological polar surface area (TPSA) is 78.9 Å². The molecule has 66 heavy (non-hydrogen) atoms. The smallest absolute Gasteiger partial charge is 0.306 e. The molecular weight excluding hydrogens is 817 g/mol. The number of rotatable bonds is 54. The number of hydrogen-bond acceptors (Lipinski definition) is 6. The first-order chi connectivity index (χ1) is 32.2. The van der Waals surface area contributed by atoms with Crippen molar-refractivity contribution in [3.63, 3.8) is 0 Å². The van der Waals surface area contributed by atoms with E-state index >= 15 is 0 Å². The van der Waals surface area contributed by atoms with Crippen molar-refractivity contribution in [2.75, 3.05) is 13.2 Å². The fourth-order valence-corrected chi connectivity index (χ4v) is 9.23. The lowest BCUT2D eigenvalue weighted by atomic mass is 10.0. The molecule has 0 rings (SSSR count). The largest absolute Gasteiger partial charge is 0.462 e. The number of unbranched alkanes of at least 4 members (excludes halogenated alkanes) is 39. The van der Waals surface area contributed by atoms with E-state index in [-0.39, 0.29) is 31.1 Å². The molecule has 0 bridgehead atoms. The molecule has 0 spiro atoms. The Morgan fingerprint density at radius 2 is 0.500 bits per heavy atom. The van der Waals surface area contributed by atoms with Crippen molar-refractivity contribution < 1.29 is 28.6 Å². The molecule has 0 amide bonds. The van der Waals surface area contributed by atoms with E-state index in [1.165, 1.54) is 225 Å². The van der Waals surface area contributed by atoms with Gasteiger partial charge < -0.3 is 14.2 Å². The highest BCUT2D eigenvalue weighted by Gasteiger charge is 2.19. The Balaban J connectivity index is 4.30. The van der Waals surface area contributed by atoms with Crippen molar-refractivity contribution in [1.29, 1.82) is 0 Å². The first-order valence-corrected chi connectivity index (χ1v) is 29.7. The summed E-state index contributed by atoms with van der Waals surface area (Å²) in [5, 5.41) is 0. The fourth-order valence-electron chi connectivity index (χ4n) is 9.23. The zero-order valence-corrected chi connectivity index (χ0v) is 45.3. The van der Waals surface area contributed by atoms with E-state index < -0.39 is 6.10 Å². The highest BCUT2D eigenvalue weighted by atomic mass is 16.6. The molecule has 6 nitrogen and oxygen atoms in total. The molecule has 0 radical (unpaired) electrons. The number of carbonyl (C=O) groups is 3. The van der Waals surface area contributed by atoms with Gasteiger partial charge >= 0.3 is 17.9 Å². The van der Waals surface area contributed by atoms with Gasteiger partial charge in [-0.25, -0.2) is 0 Å². The Labute approximate surface area is 412 Å². The molecule has 0 unspecified atom stereocenters. The lowest BCUT2D eigenvalue weighted by Crippen LogP contribution is -2.30. The highest BCUT2D eigenvalue weighted by Crippen LogP contribution is 2.18. The summed E-state index contributed by atoms with van der Waals surface area (Å²) in [5.41, 5.74) is 0. The minimum atomic E-state index is -0.763. The summed E-state index contributed by atoms with van der Waals surface area (Å²) in [5.74, 6) is 0.841. The van der Waals surface area contributed by atoms with Crippen LogP contribution in [0.1, 0.15) is 336 Å². The van der Waals surface area contributed by atoms with Crippen molar-refractivity contribution in [2.24, 2.45) is 11.8 Å². The number of carbonyl (C=O) groups excluding carboxylic acids is 3. The first-order valence-electron chi connectivity index (χ1n) is 29.7. The third-order valence-corrected chi connectivity index (χ3v) is 13.7. The maximum Gasteiger partial charge on any atom is 0.306 e. The first kappa shape index (κ1) is 64.4. The molecule has 0 heterocycles. The minimum absolute atomic E-state index is 0.0624. The molecule has 0 aromatic heterocycles. The van der Waals surface area contributed by atoms with Crippen molar-refractivity contribution in [1.82, 2.24) is 0 Å². The molecule has 0 aliphatic rings. The third kappa shape index (κ3) is 53.4. The second-order valence-electron chi connectivity index (χ2n) is 21.6. The van der Waals surface area contributed by atoms with Crippen LogP contribution >= 0.6 is 0 Å². The standard InChI is InChI=1S/C60H116O6/c1-6-7-8-9-10-11-12-13-14-15-20-25-30-35-40-45-50-58(61)64-53-57(66-60(63)52-47-42-37-32-27-22-17-19-24-29-34-39-44-49-56(4)5)54-65-59(62)51-46-41-36-31-26-21-16-18-23-28-33-38-43-48-55(2)3/h55-57H,6-54H2,1-5H3/t57-/m0/s1. The quantitative estimate of drug-likeness (QED) is 0.0343. The summed E-state index contributed by atoms with van der Waals surface area (Å²) >= 11 is 0. The fraction of sp³-hybridized carbons (Fsp3) is 0.950. The molecule has 0 saturated carbocycles. The number of ether oxygens (including phenoxy) is 3. The lowest BCUT2D eigenvalue weighted by molar-refractivity contribution is -0.167. The van der Waals surface area contributed by atoms with Gasteiger partial charge in [0.1, 0.15) is 13.2 Å². The zero-order valence-electron chi connectivity index (χ0n) is 45.3. The monoisotopic (exact) mass is 933 g/mol. The normalized spacial score (nSPS) is 12.0. The van der Waals surface area contributed by atoms with Gasteiger partial charge in [-0.3, -0.25) is 14.4 Å². The van der Waals surface area contributed by atoms with E-state index in [4.69, 9.17) is 14.2 Å². The molecule has 392 valence electrons. The van der Waals surface area contributed by atoms with Crippen LogP contribution in [0.15, 0.2) is 0 Å². The van der Waals surface area contributed by atoms with Crippen LogP contribution in [0.2, 0.25) is 0 Å². The van der Waals surface area contributed by atoms with Crippen LogP contribution in [0.3, 0.4) is 0 Å². The van der Waals surface area contributed by atoms with Crippen LogP contribution < -0.4 is 0 Å². The second kappa shape index (κ2) is 52.8. The number of esters is 3. The van der Waals surface area contributed by atoms with Crippen molar-refractivity contribution in [3.05, 3.63) is 0 Å². The van der Waals surface area contributed by atoms with Crippen molar-refractivity contribution in [3.8, 4) is 0 Å². The van der Waals surface area contributed by atoms with Gasteiger partial charge in [0, 0.05) is 19.3 Å². The zero-order chi connectivity index (χ0) is 48.2. The average Bonchev–Trinajstić information content (AvgIpc) is 3.29. The summed E-state index contributed by atoms with van der Waals surface area (Å²) in [7, 11) is 0. The van der Waals surface area contributed by atoms with E-state index in [1.54, 1.807) is 0 Å². The molecule has 0 aliphatic heterocycles. The van der Waals surface area contributed by atoms with Gasteiger partial charge in [0.25, 0.3) is 0 Å². The molecular formula is C60H116O6. The molecule has 0 aromatic carbocycles. The molecule has 6 heteroatoms. The molecule has 0 aliphatic carbocycles. The van der Waals surface area contributed by atoms with E-state index in [0.717, 1.165) is 69.6 Å². The van der Waals surface area contributed by atoms with Gasteiger partial charge in [-0.15, -0.1) is 0 Å². The molecule has 0 aromatic rings. The predicted molar refractivity (Wildman–Crippen MR) is 284 cm³/mol. The minimum Gasteiger partial charge on any atom is -0.462 e. The van der Waals surface area contributed by atoms with E-state index in [1.807, 2.05) is 0 Å². The number of hydrogen-bond donors (Lipinski definition) is 0. The average molecular weight is 934 g/mol. The Hall–Kier alpha value is -1.59. The summed E-state index contributed by atoms with van der Waals surface area (Å²) in [6.45, 7) is 11.4. The van der Waals surface area contributed by atoms with Crippen LogP contribution in [0.4, 0.5) is 0 Å². The van der Waals surface area contributed by atoms with Crippen LogP contribution in [0.5, 0.6) is 0 Å². The third-order valence-electron chi connectivity index (χ3n) is 13.7. The summed E-state index contributed by atoms with van der Waals surface area (Å²) in [4.78, 5) is 38.2. The van der Waals surface area contributed by atoms with Crippen molar-refractivity contribution >= 4 is 17.9 Å². The van der Waals surface area contributed by atoms with Gasteiger partial charge in [0.05, 0.1) is 0 Å². The van der Waals surface area contributed by atoms with E-state index in [9.17, 15) is 14.4 Å². The summed E-state index contributed by atoms with van der Waals surface area (Å²) < 4.78 is 16.9. The summed E-state index contributed by atoms with van der Waals surface area (Å²) in [6, 6.07) is 0. The maximum atomic E-state index is 12.9. The molecule has 0 fully saturated rings. The van der Waals surface area contributed by atoms with Gasteiger partial charge in [0.15, 0.2) is 6.10 Å². The van der Waals surface area contributed by atoms with Crippen LogP contribution in [-0.4, -0.2) is 37.2 Å². The molecule has 1 atom stereocenters. The SMILES string of the molecule is CCCCCCCCCCCCCCCCCCC(=O)OC[C@@H](COC(=O)CCCCCCCCCCCCCCCC(C)C)OC(=O)CCCCCCCCCCCCCCCC(C)C. The lowest BCUT2D eigenvalue weighted by Gasteiger charge is -2.18. The molecule has 0 saturated heterocycles. The second-order valence-corrected chi connectivity index (χ2v) is 21.6. The predicted octanol–water partition coefficient (Wildman–Crippen LogP) is 19.7. The van der Waals surface area contributed by atoms with Gasteiger partial charge in [-0.05, 0) is 31.1 Å². The van der Waals surface area contributed by atoms with Gasteiger partial charge in [0.2, 0.25) is 0 Å². The van der Waals surface area contributed by atoms with E-state index in [0.29, 0.717) is 19.3 Å². The van der Waals surface area contributed by atoms with Gasteiger partial charge in [-0.1, -0.05) is 298 Å². The van der Waals surface area contributed by atoms with Gasteiger partial charge in [-0.2, -0.15) is 0 Å². The summed E-state index contributed by atoms with van der Waals surface area (Å²) in [6.07, 6.45) is 56.6. The Morgan fingerprint density at radius 1 is 0.288 bits per heavy atom. The van der Waals surface area contributed by atoms with E-state index in [2.05, 4.69) is 34.6 Å². The van der Waals surface area contributed by atoms with Crippen LogP contribution in [-0.2, 0) is 28.6 Å². The van der Waals surface area contributed by atoms with Crippen LogP contribution in [0.25, 0.3) is 0 Å². The molecule has 0 N–H and O–H groups in total. The Morgan fingerprint density at radius 3 is 0.742 bits per heavy atom. The maximum absolute atomic E-state index is 12.9.